The molecule has 0 bridgehead atoms. The van der Waals surface area contributed by atoms with Crippen molar-refractivity contribution in [2.75, 3.05) is 39.5 Å². The molecule has 0 radical (unpaired) electrons. The van der Waals surface area contributed by atoms with Gasteiger partial charge in [-0.25, -0.2) is 21.6 Å². The van der Waals surface area contributed by atoms with Crippen LogP contribution in [0.15, 0.2) is 29.2 Å². The predicted molar refractivity (Wildman–Crippen MR) is 83.0 cm³/mol. The highest BCUT2D eigenvalue weighted by molar-refractivity contribution is 7.89. The lowest BCUT2D eigenvalue weighted by molar-refractivity contribution is 0.0600. The second-order valence-corrected chi connectivity index (χ2v) is 9.00. The lowest BCUT2D eigenvalue weighted by atomic mass is 10.2. The van der Waals surface area contributed by atoms with Gasteiger partial charge in [-0.2, -0.15) is 8.61 Å². The fourth-order valence-electron chi connectivity index (χ4n) is 2.27. The Kier molecular flexibility index (Phi) is 5.09. The summed E-state index contributed by atoms with van der Waals surface area (Å²) in [6.45, 7) is 0.429. The number of ether oxygens (including phenoxy) is 1. The average Bonchev–Trinajstić information content (AvgIpc) is 2.53. The molecule has 1 aromatic carbocycles. The molecule has 23 heavy (non-hydrogen) atoms. The van der Waals surface area contributed by atoms with Gasteiger partial charge in [0.15, 0.2) is 0 Å². The van der Waals surface area contributed by atoms with Crippen molar-refractivity contribution in [2.24, 2.45) is 0 Å². The van der Waals surface area contributed by atoms with E-state index in [-0.39, 0.29) is 36.6 Å². The molecule has 0 spiro atoms. The van der Waals surface area contributed by atoms with E-state index in [4.69, 9.17) is 0 Å². The van der Waals surface area contributed by atoms with Crippen molar-refractivity contribution in [3.8, 4) is 0 Å². The van der Waals surface area contributed by atoms with Crippen molar-refractivity contribution < 1.29 is 26.4 Å². The Balaban J connectivity index is 2.15. The maximum atomic E-state index is 12.5. The first-order valence-electron chi connectivity index (χ1n) is 6.80. The molecule has 0 amide bonds. The van der Waals surface area contributed by atoms with Gasteiger partial charge < -0.3 is 4.74 Å². The van der Waals surface area contributed by atoms with Crippen LogP contribution in [0.5, 0.6) is 0 Å². The summed E-state index contributed by atoms with van der Waals surface area (Å²) in [6, 6.07) is 5.44. The summed E-state index contributed by atoms with van der Waals surface area (Å²) in [5.74, 6) is -0.546. The molecule has 0 atom stereocenters. The largest absolute Gasteiger partial charge is 0.465 e. The van der Waals surface area contributed by atoms with Gasteiger partial charge in [0.2, 0.25) is 20.0 Å². The van der Waals surface area contributed by atoms with E-state index in [1.54, 1.807) is 0 Å². The van der Waals surface area contributed by atoms with Crippen LogP contribution < -0.4 is 0 Å². The molecule has 10 heteroatoms. The third-order valence-electron chi connectivity index (χ3n) is 3.58. The van der Waals surface area contributed by atoms with Gasteiger partial charge >= 0.3 is 5.97 Å². The second-order valence-electron chi connectivity index (χ2n) is 5.08. The van der Waals surface area contributed by atoms with Gasteiger partial charge in [-0.15, -0.1) is 0 Å². The van der Waals surface area contributed by atoms with Crippen LogP contribution in [0.4, 0.5) is 0 Å². The minimum absolute atomic E-state index is 0.0537. The van der Waals surface area contributed by atoms with Crippen LogP contribution in [0.1, 0.15) is 10.4 Å². The fraction of sp³-hybridized carbons (Fsp3) is 0.462. The molecule has 1 heterocycles. The number of carbonyl (C=O) groups is 1. The Bertz CT molecular complexity index is 778. The topological polar surface area (TPSA) is 101 Å². The van der Waals surface area contributed by atoms with Crippen molar-refractivity contribution in [1.29, 1.82) is 0 Å². The molecule has 0 aromatic heterocycles. The summed E-state index contributed by atoms with van der Waals surface area (Å²) in [5, 5.41) is 0. The summed E-state index contributed by atoms with van der Waals surface area (Å²) in [4.78, 5) is 11.4. The van der Waals surface area contributed by atoms with E-state index >= 15 is 0 Å². The van der Waals surface area contributed by atoms with Gasteiger partial charge in [-0.3, -0.25) is 0 Å². The van der Waals surface area contributed by atoms with E-state index in [0.29, 0.717) is 0 Å². The zero-order valence-electron chi connectivity index (χ0n) is 12.8. The molecule has 1 aliphatic heterocycles. The number of carbonyl (C=O) groups excluding carboxylic acids is 1. The number of benzene rings is 1. The van der Waals surface area contributed by atoms with Crippen molar-refractivity contribution in [2.45, 2.75) is 4.90 Å². The third-order valence-corrected chi connectivity index (χ3v) is 6.80. The van der Waals surface area contributed by atoms with Crippen molar-refractivity contribution in [3.63, 3.8) is 0 Å². The van der Waals surface area contributed by atoms with Crippen LogP contribution in [0.3, 0.4) is 0 Å². The molecule has 1 aromatic rings. The molecule has 1 saturated heterocycles. The van der Waals surface area contributed by atoms with Crippen LogP contribution in [0, 0.1) is 0 Å². The smallest absolute Gasteiger partial charge is 0.337 e. The summed E-state index contributed by atoms with van der Waals surface area (Å²) in [5.41, 5.74) is 0.258. The van der Waals surface area contributed by atoms with E-state index in [1.165, 1.54) is 40.0 Å². The average molecular weight is 362 g/mol. The Labute approximate surface area is 135 Å². The first-order chi connectivity index (χ1) is 10.7. The van der Waals surface area contributed by atoms with E-state index in [1.807, 2.05) is 0 Å². The normalized spacial score (nSPS) is 17.8. The van der Waals surface area contributed by atoms with Crippen molar-refractivity contribution in [1.82, 2.24) is 8.61 Å². The zero-order chi connectivity index (χ0) is 17.3. The minimum Gasteiger partial charge on any atom is -0.465 e. The number of hydrogen-bond acceptors (Lipinski definition) is 6. The molecule has 0 saturated carbocycles. The quantitative estimate of drug-likeness (QED) is 0.684. The number of rotatable bonds is 4. The Morgan fingerprint density at radius 2 is 1.43 bits per heavy atom. The molecule has 1 fully saturated rings. The van der Waals surface area contributed by atoms with Gasteiger partial charge in [0, 0.05) is 26.2 Å². The Morgan fingerprint density at radius 1 is 0.957 bits per heavy atom. The molecule has 0 N–H and O–H groups in total. The summed E-state index contributed by atoms with van der Waals surface area (Å²) in [6.07, 6.45) is 1.10. The van der Waals surface area contributed by atoms with Gasteiger partial charge in [0.05, 0.1) is 23.8 Å². The van der Waals surface area contributed by atoms with E-state index in [9.17, 15) is 21.6 Å². The number of hydrogen-bond donors (Lipinski definition) is 0. The van der Waals surface area contributed by atoms with Gasteiger partial charge in [0.25, 0.3) is 0 Å². The molecule has 1 aliphatic rings. The first-order valence-corrected chi connectivity index (χ1v) is 10.1. The van der Waals surface area contributed by atoms with Crippen molar-refractivity contribution in [3.05, 3.63) is 29.8 Å². The van der Waals surface area contributed by atoms with Crippen LogP contribution in [0.2, 0.25) is 0 Å². The zero-order valence-corrected chi connectivity index (χ0v) is 14.4. The molecule has 0 aliphatic carbocycles. The Morgan fingerprint density at radius 3 is 1.87 bits per heavy atom. The van der Waals surface area contributed by atoms with E-state index in [2.05, 4.69) is 4.74 Å². The van der Waals surface area contributed by atoms with Crippen LogP contribution in [-0.2, 0) is 24.8 Å². The standard InChI is InChI=1S/C13H18N2O6S2/c1-21-13(16)11-3-5-12(6-4-11)23(19,20)15-9-7-14(8-10-15)22(2,17)18/h3-6H,7-10H2,1-2H3. The first kappa shape index (κ1) is 17.9. The number of methoxy groups -OCH3 is 1. The molecular weight excluding hydrogens is 344 g/mol. The number of sulfonamides is 2. The van der Waals surface area contributed by atoms with E-state index < -0.39 is 26.0 Å². The number of esters is 1. The Hall–Kier alpha value is -1.49. The molecular formula is C13H18N2O6S2. The number of nitrogens with zero attached hydrogens (tertiary/aromatic N) is 2. The maximum absolute atomic E-state index is 12.5. The fourth-order valence-corrected chi connectivity index (χ4v) is 4.52. The monoisotopic (exact) mass is 362 g/mol. The van der Waals surface area contributed by atoms with Crippen LogP contribution in [0.25, 0.3) is 0 Å². The lowest BCUT2D eigenvalue weighted by Gasteiger charge is -2.32. The van der Waals surface area contributed by atoms with Crippen LogP contribution >= 0.6 is 0 Å². The molecule has 8 nitrogen and oxygen atoms in total. The molecule has 128 valence electrons. The lowest BCUT2D eigenvalue weighted by Crippen LogP contribution is -2.50. The summed E-state index contributed by atoms with van der Waals surface area (Å²) in [7, 11) is -5.79. The van der Waals surface area contributed by atoms with Gasteiger partial charge in [-0.1, -0.05) is 0 Å². The van der Waals surface area contributed by atoms with Crippen LogP contribution in [-0.4, -0.2) is 71.0 Å². The highest BCUT2D eigenvalue weighted by Crippen LogP contribution is 2.19. The number of piperazine rings is 1. The molecule has 2 rings (SSSR count). The van der Waals surface area contributed by atoms with Crippen molar-refractivity contribution >= 4 is 26.0 Å². The second kappa shape index (κ2) is 6.56. The van der Waals surface area contributed by atoms with Gasteiger partial charge in [-0.05, 0) is 24.3 Å². The van der Waals surface area contributed by atoms with E-state index in [0.717, 1.165) is 6.26 Å². The summed E-state index contributed by atoms with van der Waals surface area (Å²) >= 11 is 0. The summed E-state index contributed by atoms with van der Waals surface area (Å²) < 4.78 is 55.0. The SMILES string of the molecule is COC(=O)c1ccc(S(=O)(=O)N2CCN(S(C)(=O)=O)CC2)cc1. The predicted octanol–water partition coefficient (Wildman–Crippen LogP) is -0.261. The minimum atomic E-state index is -3.72. The highest BCUT2D eigenvalue weighted by atomic mass is 32.2. The highest BCUT2D eigenvalue weighted by Gasteiger charge is 2.31. The van der Waals surface area contributed by atoms with Gasteiger partial charge in [0.1, 0.15) is 0 Å². The maximum Gasteiger partial charge on any atom is 0.337 e. The third kappa shape index (κ3) is 3.89. The molecule has 0 unspecified atom stereocenters.